The average molecular weight is 222 g/mol. The number of hydrogen-bond acceptors (Lipinski definition) is 3. The van der Waals surface area contributed by atoms with E-state index in [1.54, 1.807) is 0 Å². The molecule has 0 spiro atoms. The lowest BCUT2D eigenvalue weighted by atomic mass is 10.3. The summed E-state index contributed by atoms with van der Waals surface area (Å²) in [7, 11) is 2.76. The van der Waals surface area contributed by atoms with Gasteiger partial charge in [-0.1, -0.05) is 17.3 Å². The zero-order valence-electron chi connectivity index (χ0n) is 8.48. The van der Waals surface area contributed by atoms with Crippen molar-refractivity contribution in [1.82, 2.24) is 20.7 Å². The Morgan fingerprint density at radius 3 is 2.80 bits per heavy atom. The first-order valence-electron chi connectivity index (χ1n) is 5.11. The molecule has 2 N–H and O–H groups in total. The predicted molar refractivity (Wildman–Crippen MR) is 64.6 cm³/mol. The number of hydrogen-bond donors (Lipinski definition) is 2. The molecule has 0 aliphatic carbocycles. The highest BCUT2D eigenvalue weighted by molar-refractivity contribution is 7.17. The van der Waals surface area contributed by atoms with Crippen LogP contribution in [0.4, 0.5) is 0 Å². The molecule has 1 aromatic heterocycles. The molecule has 0 bridgehead atoms. The second kappa shape index (κ2) is 5.19. The number of aromatic amines is 1. The monoisotopic (exact) mass is 222 g/mol. The van der Waals surface area contributed by atoms with E-state index < -0.39 is 0 Å². The van der Waals surface area contributed by atoms with Crippen molar-refractivity contribution >= 4 is 20.3 Å². The lowest BCUT2D eigenvalue weighted by Gasteiger charge is -1.95. The molecule has 2 unspecified atom stereocenters. The van der Waals surface area contributed by atoms with Gasteiger partial charge in [-0.15, -0.1) is 14.3 Å². The summed E-state index contributed by atoms with van der Waals surface area (Å²) in [5.41, 5.74) is 1.90. The number of nitrogens with one attached hydrogen (secondary N) is 2. The molecule has 0 saturated carbocycles. The number of H-pyrrole nitrogens is 1. The van der Waals surface area contributed by atoms with Crippen molar-refractivity contribution in [2.24, 2.45) is 0 Å². The van der Waals surface area contributed by atoms with Crippen molar-refractivity contribution in [3.05, 3.63) is 24.3 Å². The SMILES string of the molecule is PC1CCCN1.c1ccc2[nH]nnc2c1. The van der Waals surface area contributed by atoms with Crippen LogP contribution in [-0.4, -0.2) is 27.7 Å². The van der Waals surface area contributed by atoms with E-state index in [-0.39, 0.29) is 0 Å². The summed E-state index contributed by atoms with van der Waals surface area (Å²) >= 11 is 0. The quantitative estimate of drug-likeness (QED) is 0.664. The second-order valence-electron chi connectivity index (χ2n) is 3.53. The molecule has 2 aromatic rings. The minimum atomic E-state index is 0.713. The van der Waals surface area contributed by atoms with Gasteiger partial charge in [-0.05, 0) is 31.5 Å². The molecule has 2 atom stereocenters. The van der Waals surface area contributed by atoms with Gasteiger partial charge in [0.15, 0.2) is 0 Å². The predicted octanol–water partition coefficient (Wildman–Crippen LogP) is 1.53. The second-order valence-corrected chi connectivity index (χ2v) is 4.34. The number of aromatic nitrogens is 3. The standard InChI is InChI=1S/C6H5N3.C4H10NP/c1-2-4-6-5(3-1)7-9-8-6;6-4-2-1-3-5-4/h1-4H,(H,7,8,9);4-5H,1-3,6H2. The van der Waals surface area contributed by atoms with Gasteiger partial charge in [0, 0.05) is 5.78 Å². The topological polar surface area (TPSA) is 53.6 Å². The van der Waals surface area contributed by atoms with Crippen LogP contribution in [0.3, 0.4) is 0 Å². The minimum Gasteiger partial charge on any atom is -0.311 e. The zero-order valence-corrected chi connectivity index (χ0v) is 9.63. The highest BCUT2D eigenvalue weighted by atomic mass is 31.0. The summed E-state index contributed by atoms with van der Waals surface area (Å²) in [5, 5.41) is 13.5. The highest BCUT2D eigenvalue weighted by Crippen LogP contribution is 2.09. The van der Waals surface area contributed by atoms with Crippen LogP contribution in [0.5, 0.6) is 0 Å². The Balaban J connectivity index is 0.000000124. The van der Waals surface area contributed by atoms with Gasteiger partial charge >= 0.3 is 0 Å². The fraction of sp³-hybridized carbons (Fsp3) is 0.400. The van der Waals surface area contributed by atoms with Gasteiger partial charge < -0.3 is 5.32 Å². The zero-order chi connectivity index (χ0) is 10.5. The van der Waals surface area contributed by atoms with Crippen LogP contribution in [0.25, 0.3) is 11.0 Å². The first-order chi connectivity index (χ1) is 7.36. The Morgan fingerprint density at radius 2 is 2.20 bits per heavy atom. The van der Waals surface area contributed by atoms with Crippen molar-refractivity contribution in [1.29, 1.82) is 0 Å². The Kier molecular flexibility index (Phi) is 3.64. The van der Waals surface area contributed by atoms with Gasteiger partial charge in [0.05, 0.1) is 5.52 Å². The lowest BCUT2D eigenvalue weighted by molar-refractivity contribution is 0.807. The van der Waals surface area contributed by atoms with E-state index in [4.69, 9.17) is 0 Å². The number of rotatable bonds is 0. The summed E-state index contributed by atoms with van der Waals surface area (Å²) < 4.78 is 0. The fourth-order valence-electron chi connectivity index (χ4n) is 1.50. The molecule has 80 valence electrons. The summed E-state index contributed by atoms with van der Waals surface area (Å²) in [6, 6.07) is 7.74. The van der Waals surface area contributed by atoms with Gasteiger partial charge in [0.1, 0.15) is 5.52 Å². The van der Waals surface area contributed by atoms with E-state index in [0.29, 0.717) is 5.78 Å². The van der Waals surface area contributed by atoms with Crippen molar-refractivity contribution < 1.29 is 0 Å². The van der Waals surface area contributed by atoms with E-state index >= 15 is 0 Å². The van der Waals surface area contributed by atoms with Crippen LogP contribution in [-0.2, 0) is 0 Å². The molecule has 1 saturated heterocycles. The van der Waals surface area contributed by atoms with Gasteiger partial charge in [0.2, 0.25) is 0 Å². The van der Waals surface area contributed by atoms with Crippen LogP contribution >= 0.6 is 9.24 Å². The molecular weight excluding hydrogens is 207 g/mol. The number of nitrogens with zero attached hydrogens (tertiary/aromatic N) is 2. The molecule has 1 aliphatic heterocycles. The Morgan fingerprint density at radius 1 is 1.33 bits per heavy atom. The summed E-state index contributed by atoms with van der Waals surface area (Å²) in [5.74, 6) is 0.713. The maximum absolute atomic E-state index is 3.81. The molecule has 1 aliphatic rings. The Bertz CT molecular complexity index is 378. The Hall–Kier alpha value is -0.990. The maximum atomic E-state index is 3.81. The average Bonchev–Trinajstić information content (AvgIpc) is 2.88. The number of benzene rings is 1. The molecule has 0 radical (unpaired) electrons. The molecule has 4 nitrogen and oxygen atoms in total. The van der Waals surface area contributed by atoms with Gasteiger partial charge in [-0.25, -0.2) is 0 Å². The van der Waals surface area contributed by atoms with Crippen molar-refractivity contribution in [3.63, 3.8) is 0 Å². The van der Waals surface area contributed by atoms with E-state index in [0.717, 1.165) is 11.0 Å². The lowest BCUT2D eigenvalue weighted by Crippen LogP contribution is -2.12. The van der Waals surface area contributed by atoms with Crippen LogP contribution in [0, 0.1) is 0 Å². The summed E-state index contributed by atoms with van der Waals surface area (Å²) in [6.07, 6.45) is 2.69. The maximum Gasteiger partial charge on any atom is 0.112 e. The first kappa shape index (κ1) is 10.5. The third kappa shape index (κ3) is 2.98. The molecule has 0 amide bonds. The Labute approximate surface area is 91.0 Å². The molecular formula is C10H15N4P. The fourth-order valence-corrected chi connectivity index (χ4v) is 1.90. The van der Waals surface area contributed by atoms with Gasteiger partial charge in [0.25, 0.3) is 0 Å². The highest BCUT2D eigenvalue weighted by Gasteiger charge is 2.05. The van der Waals surface area contributed by atoms with E-state index in [1.807, 2.05) is 24.3 Å². The largest absolute Gasteiger partial charge is 0.311 e. The van der Waals surface area contributed by atoms with Crippen molar-refractivity contribution in [2.45, 2.75) is 18.6 Å². The van der Waals surface area contributed by atoms with E-state index in [2.05, 4.69) is 30.0 Å². The third-order valence-electron chi connectivity index (χ3n) is 2.33. The molecule has 15 heavy (non-hydrogen) atoms. The van der Waals surface area contributed by atoms with Crippen molar-refractivity contribution in [3.8, 4) is 0 Å². The van der Waals surface area contributed by atoms with Crippen LogP contribution in [0.1, 0.15) is 12.8 Å². The molecule has 1 aromatic carbocycles. The summed E-state index contributed by atoms with van der Waals surface area (Å²) in [4.78, 5) is 0. The number of para-hydroxylation sites is 1. The third-order valence-corrected chi connectivity index (χ3v) is 2.90. The van der Waals surface area contributed by atoms with E-state index in [9.17, 15) is 0 Å². The summed E-state index contributed by atoms with van der Waals surface area (Å²) in [6.45, 7) is 1.22. The normalized spacial score (nSPS) is 19.9. The molecule has 5 heteroatoms. The smallest absolute Gasteiger partial charge is 0.112 e. The minimum absolute atomic E-state index is 0.713. The van der Waals surface area contributed by atoms with Gasteiger partial charge in [-0.2, -0.15) is 0 Å². The molecule has 1 fully saturated rings. The van der Waals surface area contributed by atoms with Crippen LogP contribution < -0.4 is 5.32 Å². The molecule has 3 rings (SSSR count). The van der Waals surface area contributed by atoms with Crippen LogP contribution in [0.15, 0.2) is 24.3 Å². The number of fused-ring (bicyclic) bond motifs is 1. The van der Waals surface area contributed by atoms with Crippen molar-refractivity contribution in [2.75, 3.05) is 6.54 Å². The van der Waals surface area contributed by atoms with Crippen LogP contribution in [0.2, 0.25) is 0 Å². The molecule has 2 heterocycles. The van der Waals surface area contributed by atoms with E-state index in [1.165, 1.54) is 19.4 Å². The van der Waals surface area contributed by atoms with Gasteiger partial charge in [-0.3, -0.25) is 5.10 Å². The first-order valence-corrected chi connectivity index (χ1v) is 5.78.